The second kappa shape index (κ2) is 6.64. The van der Waals surface area contributed by atoms with Gasteiger partial charge in [-0.25, -0.2) is 9.40 Å². The van der Waals surface area contributed by atoms with Crippen molar-refractivity contribution in [3.05, 3.63) is 88.2 Å². The van der Waals surface area contributed by atoms with Gasteiger partial charge in [-0.05, 0) is 36.4 Å². The predicted molar refractivity (Wildman–Crippen MR) is 110 cm³/mol. The van der Waals surface area contributed by atoms with E-state index >= 15 is 0 Å². The molecule has 0 radical (unpaired) electrons. The van der Waals surface area contributed by atoms with Gasteiger partial charge in [0, 0.05) is 23.1 Å². The van der Waals surface area contributed by atoms with E-state index in [-0.39, 0.29) is 17.9 Å². The van der Waals surface area contributed by atoms with Crippen LogP contribution in [0.3, 0.4) is 0 Å². The number of ether oxygens (including phenoxy) is 3. The minimum atomic E-state index is -0.553. The van der Waals surface area contributed by atoms with Crippen LogP contribution in [-0.2, 0) is 0 Å². The molecule has 0 saturated carbocycles. The third-order valence-electron chi connectivity index (χ3n) is 5.63. The summed E-state index contributed by atoms with van der Waals surface area (Å²) in [6.45, 7) is 0.228. The summed E-state index contributed by atoms with van der Waals surface area (Å²) in [5, 5.41) is 6.88. The van der Waals surface area contributed by atoms with Gasteiger partial charge in [-0.15, -0.1) is 0 Å². The first-order valence-corrected chi connectivity index (χ1v) is 10.0. The number of hydrogen-bond acceptors (Lipinski definition) is 5. The molecule has 2 atom stereocenters. The number of hydrazone groups is 1. The van der Waals surface area contributed by atoms with E-state index < -0.39 is 12.0 Å². The van der Waals surface area contributed by atoms with E-state index in [1.807, 2.05) is 47.5 Å². The molecule has 150 valence electrons. The molecule has 0 aromatic heterocycles. The molecular weight excluding hydrogens is 407 g/mol. The van der Waals surface area contributed by atoms with Crippen molar-refractivity contribution in [3.8, 4) is 17.2 Å². The van der Waals surface area contributed by atoms with Crippen LogP contribution in [0.4, 0.5) is 4.39 Å². The van der Waals surface area contributed by atoms with Gasteiger partial charge in [0.1, 0.15) is 11.6 Å². The molecular formula is C23H16ClFN2O3. The lowest BCUT2D eigenvalue weighted by Crippen LogP contribution is -2.33. The molecule has 3 heterocycles. The Morgan fingerprint density at radius 3 is 2.73 bits per heavy atom. The van der Waals surface area contributed by atoms with Crippen molar-refractivity contribution in [1.29, 1.82) is 0 Å². The molecule has 0 saturated heterocycles. The van der Waals surface area contributed by atoms with Gasteiger partial charge in [-0.2, -0.15) is 5.10 Å². The predicted octanol–water partition coefficient (Wildman–Crippen LogP) is 5.45. The maximum atomic E-state index is 14.2. The first-order chi connectivity index (χ1) is 14.7. The lowest BCUT2D eigenvalue weighted by Gasteiger charge is -2.38. The maximum Gasteiger partial charge on any atom is 0.231 e. The van der Waals surface area contributed by atoms with Crippen molar-refractivity contribution < 1.29 is 18.6 Å². The summed E-state index contributed by atoms with van der Waals surface area (Å²) >= 11 is 5.88. The Morgan fingerprint density at radius 1 is 0.967 bits per heavy atom. The molecule has 6 rings (SSSR count). The highest BCUT2D eigenvalue weighted by molar-refractivity contribution is 6.30. The molecule has 0 aliphatic carbocycles. The number of nitrogens with zero attached hydrogens (tertiary/aromatic N) is 2. The lowest BCUT2D eigenvalue weighted by atomic mass is 9.96. The molecule has 3 aromatic carbocycles. The zero-order chi connectivity index (χ0) is 20.2. The average molecular weight is 423 g/mol. The van der Waals surface area contributed by atoms with Crippen LogP contribution in [-0.4, -0.2) is 17.5 Å². The van der Waals surface area contributed by atoms with E-state index in [1.165, 1.54) is 6.07 Å². The van der Waals surface area contributed by atoms with Crippen LogP contribution in [0.15, 0.2) is 65.8 Å². The molecule has 0 bridgehead atoms. The molecule has 0 unspecified atom stereocenters. The first kappa shape index (κ1) is 17.6. The minimum absolute atomic E-state index is 0.0147. The van der Waals surface area contributed by atoms with Crippen molar-refractivity contribution in [2.45, 2.75) is 18.7 Å². The number of fused-ring (bicyclic) bond motifs is 4. The Hall–Kier alpha value is -3.25. The van der Waals surface area contributed by atoms with Crippen LogP contribution < -0.4 is 14.2 Å². The Labute approximate surface area is 177 Å². The molecule has 0 N–H and O–H groups in total. The molecule has 3 aliphatic heterocycles. The van der Waals surface area contributed by atoms with Crippen molar-refractivity contribution in [3.63, 3.8) is 0 Å². The number of benzene rings is 3. The highest BCUT2D eigenvalue weighted by atomic mass is 35.5. The molecule has 30 heavy (non-hydrogen) atoms. The highest BCUT2D eigenvalue weighted by Crippen LogP contribution is 2.48. The van der Waals surface area contributed by atoms with Crippen LogP contribution in [0.25, 0.3) is 0 Å². The molecule has 3 aromatic rings. The quantitative estimate of drug-likeness (QED) is 0.550. The summed E-state index contributed by atoms with van der Waals surface area (Å²) in [5.74, 6) is 1.75. The van der Waals surface area contributed by atoms with E-state index in [1.54, 1.807) is 12.1 Å². The Bertz CT molecular complexity index is 1200. The number of para-hydroxylation sites is 1. The molecule has 3 aliphatic rings. The zero-order valence-electron chi connectivity index (χ0n) is 15.7. The van der Waals surface area contributed by atoms with Crippen molar-refractivity contribution in [1.82, 2.24) is 5.01 Å². The Morgan fingerprint density at radius 2 is 1.83 bits per heavy atom. The Kier molecular flexibility index (Phi) is 3.89. The molecule has 0 spiro atoms. The second-order valence-corrected chi connectivity index (χ2v) is 7.80. The van der Waals surface area contributed by atoms with Gasteiger partial charge in [-0.1, -0.05) is 35.9 Å². The summed E-state index contributed by atoms with van der Waals surface area (Å²) < 4.78 is 31.4. The first-order valence-electron chi connectivity index (χ1n) is 9.64. The normalized spacial score (nSPS) is 21.0. The van der Waals surface area contributed by atoms with E-state index in [2.05, 4.69) is 0 Å². The highest BCUT2D eigenvalue weighted by Gasteiger charge is 2.41. The topological polar surface area (TPSA) is 43.3 Å². The third kappa shape index (κ3) is 2.71. The lowest BCUT2D eigenvalue weighted by molar-refractivity contribution is -0.0192. The van der Waals surface area contributed by atoms with Crippen molar-refractivity contribution >= 4 is 17.3 Å². The van der Waals surface area contributed by atoms with Crippen molar-refractivity contribution in [2.75, 3.05) is 6.79 Å². The SMILES string of the molecule is Fc1cc([C@H]2Oc3ccccc3[C@H]3CC(c4ccc5c(c4)OCO5)=NN32)ccc1Cl. The number of halogens is 2. The fourth-order valence-corrected chi connectivity index (χ4v) is 4.29. The standard InChI is InChI=1S/C23H16ClFN2O3/c24-16-7-5-14(9-17(16)25)23-27-19(15-3-1-2-4-20(15)30-23)11-18(26-27)13-6-8-21-22(10-13)29-12-28-21/h1-10,19,23H,11-12H2/t19-,23-/m1/s1. The average Bonchev–Trinajstić information content (AvgIpc) is 3.42. The summed E-state index contributed by atoms with van der Waals surface area (Å²) in [7, 11) is 0. The minimum Gasteiger partial charge on any atom is -0.464 e. The summed E-state index contributed by atoms with van der Waals surface area (Å²) in [5.41, 5.74) is 3.60. The van der Waals surface area contributed by atoms with Crippen molar-refractivity contribution in [2.24, 2.45) is 5.10 Å². The summed E-state index contributed by atoms with van der Waals surface area (Å²) in [6.07, 6.45) is 0.148. The van der Waals surface area contributed by atoms with Gasteiger partial charge in [0.05, 0.1) is 16.8 Å². The van der Waals surface area contributed by atoms with Gasteiger partial charge in [0.15, 0.2) is 11.5 Å². The fraction of sp³-hybridized carbons (Fsp3) is 0.174. The summed E-state index contributed by atoms with van der Waals surface area (Å²) in [6, 6.07) is 18.4. The van der Waals surface area contributed by atoms with Gasteiger partial charge < -0.3 is 14.2 Å². The van der Waals surface area contributed by atoms with Gasteiger partial charge in [0.25, 0.3) is 0 Å². The second-order valence-electron chi connectivity index (χ2n) is 7.40. The molecule has 5 nitrogen and oxygen atoms in total. The molecule has 0 fully saturated rings. The van der Waals surface area contributed by atoms with E-state index in [0.717, 1.165) is 28.3 Å². The fourth-order valence-electron chi connectivity index (χ4n) is 4.17. The van der Waals surface area contributed by atoms with E-state index in [0.29, 0.717) is 17.7 Å². The number of hydrogen-bond donors (Lipinski definition) is 0. The van der Waals surface area contributed by atoms with Crippen LogP contribution in [0, 0.1) is 5.82 Å². The van der Waals surface area contributed by atoms with E-state index in [9.17, 15) is 4.39 Å². The zero-order valence-corrected chi connectivity index (χ0v) is 16.5. The molecule has 0 amide bonds. The van der Waals surface area contributed by atoms with E-state index in [4.69, 9.17) is 30.9 Å². The van der Waals surface area contributed by atoms with Gasteiger partial charge >= 0.3 is 0 Å². The third-order valence-corrected chi connectivity index (χ3v) is 5.94. The molecule has 7 heteroatoms. The maximum absolute atomic E-state index is 14.2. The van der Waals surface area contributed by atoms with Gasteiger partial charge in [-0.3, -0.25) is 0 Å². The van der Waals surface area contributed by atoms with Crippen LogP contribution in [0.1, 0.15) is 35.4 Å². The van der Waals surface area contributed by atoms with Crippen LogP contribution in [0.5, 0.6) is 17.2 Å². The smallest absolute Gasteiger partial charge is 0.231 e. The Balaban J connectivity index is 1.43. The monoisotopic (exact) mass is 422 g/mol. The largest absolute Gasteiger partial charge is 0.464 e. The van der Waals surface area contributed by atoms with Crippen LogP contribution >= 0.6 is 11.6 Å². The summed E-state index contributed by atoms with van der Waals surface area (Å²) in [4.78, 5) is 0. The van der Waals surface area contributed by atoms with Gasteiger partial charge in [0.2, 0.25) is 13.0 Å². The van der Waals surface area contributed by atoms with Crippen LogP contribution in [0.2, 0.25) is 5.02 Å². The number of rotatable bonds is 2.